The van der Waals surface area contributed by atoms with Crippen molar-refractivity contribution in [3.63, 3.8) is 0 Å². The van der Waals surface area contributed by atoms with Crippen LogP contribution in [-0.2, 0) is 9.84 Å². The van der Waals surface area contributed by atoms with E-state index >= 15 is 0 Å². The van der Waals surface area contributed by atoms with E-state index in [9.17, 15) is 12.8 Å². The second-order valence-corrected chi connectivity index (χ2v) is 6.39. The van der Waals surface area contributed by atoms with Crippen LogP contribution in [0.2, 0.25) is 0 Å². The minimum Gasteiger partial charge on any atom is -0.490 e. The molecule has 1 rings (SSSR count). The van der Waals surface area contributed by atoms with Gasteiger partial charge >= 0.3 is 0 Å². The van der Waals surface area contributed by atoms with Gasteiger partial charge in [-0.3, -0.25) is 0 Å². The monoisotopic (exact) mass is 275 g/mol. The van der Waals surface area contributed by atoms with Crippen molar-refractivity contribution in [2.24, 2.45) is 0 Å². The number of halogens is 1. The highest BCUT2D eigenvalue weighted by Crippen LogP contribution is 2.21. The first kappa shape index (κ1) is 14.9. The van der Waals surface area contributed by atoms with Gasteiger partial charge in [-0.05, 0) is 32.6 Å². The summed E-state index contributed by atoms with van der Waals surface area (Å²) in [6.07, 6.45) is 1.83. The number of hydrogen-bond acceptors (Lipinski definition) is 4. The van der Waals surface area contributed by atoms with Crippen LogP contribution in [0.5, 0.6) is 5.75 Å². The van der Waals surface area contributed by atoms with Crippen LogP contribution in [0, 0.1) is 5.82 Å². The van der Waals surface area contributed by atoms with Crippen molar-refractivity contribution in [2.45, 2.75) is 11.3 Å². The van der Waals surface area contributed by atoms with Crippen LogP contribution in [0.3, 0.4) is 0 Å². The third-order valence-corrected chi connectivity index (χ3v) is 3.45. The lowest BCUT2D eigenvalue weighted by Crippen LogP contribution is -2.15. The van der Waals surface area contributed by atoms with E-state index in [-0.39, 0.29) is 10.6 Å². The molecule has 0 atom stereocenters. The minimum atomic E-state index is -3.34. The smallest absolute Gasteiger partial charge is 0.175 e. The largest absolute Gasteiger partial charge is 0.490 e. The Labute approximate surface area is 107 Å². The predicted molar refractivity (Wildman–Crippen MR) is 68.2 cm³/mol. The first-order chi connectivity index (χ1) is 8.30. The topological polar surface area (TPSA) is 46.6 Å². The highest BCUT2D eigenvalue weighted by atomic mass is 32.2. The number of hydrogen-bond donors (Lipinski definition) is 0. The maximum Gasteiger partial charge on any atom is 0.175 e. The van der Waals surface area contributed by atoms with E-state index in [0.29, 0.717) is 6.61 Å². The zero-order chi connectivity index (χ0) is 13.8. The van der Waals surface area contributed by atoms with E-state index in [1.54, 1.807) is 0 Å². The van der Waals surface area contributed by atoms with Crippen LogP contribution < -0.4 is 4.74 Å². The lowest BCUT2D eigenvalue weighted by molar-refractivity contribution is 0.270. The quantitative estimate of drug-likeness (QED) is 0.584. The average Bonchev–Trinajstić information content (AvgIpc) is 2.24. The molecule has 6 heteroatoms. The number of benzene rings is 1. The predicted octanol–water partition coefficient (Wildman–Crippen LogP) is 1.56. The molecule has 0 fully saturated rings. The zero-order valence-corrected chi connectivity index (χ0v) is 11.6. The molecule has 102 valence electrons. The van der Waals surface area contributed by atoms with Gasteiger partial charge in [-0.25, -0.2) is 12.8 Å². The number of rotatable bonds is 6. The summed E-state index contributed by atoms with van der Waals surface area (Å²) in [5.74, 6) is -0.566. The summed E-state index contributed by atoms with van der Waals surface area (Å²) in [4.78, 5) is 2.05. The summed E-state index contributed by atoms with van der Waals surface area (Å²) < 4.78 is 41.3. The molecule has 0 saturated heterocycles. The van der Waals surface area contributed by atoms with Gasteiger partial charge < -0.3 is 9.64 Å². The molecule has 0 bridgehead atoms. The number of sulfone groups is 1. The van der Waals surface area contributed by atoms with Crippen LogP contribution in [0.1, 0.15) is 6.42 Å². The van der Waals surface area contributed by atoms with Crippen molar-refractivity contribution in [2.75, 3.05) is 33.5 Å². The maximum absolute atomic E-state index is 13.4. The number of nitrogens with zero attached hydrogens (tertiary/aromatic N) is 1. The molecule has 0 heterocycles. The molecule has 0 saturated carbocycles. The molecule has 0 aromatic heterocycles. The van der Waals surface area contributed by atoms with Crippen molar-refractivity contribution in [1.29, 1.82) is 0 Å². The summed E-state index contributed by atoms with van der Waals surface area (Å²) in [6, 6.07) is 3.56. The SMILES string of the molecule is CN(C)CCCOc1cc(S(C)(=O)=O)ccc1F. The van der Waals surface area contributed by atoms with Gasteiger partial charge in [0.1, 0.15) is 0 Å². The Morgan fingerprint density at radius 1 is 1.33 bits per heavy atom. The third-order valence-electron chi connectivity index (χ3n) is 2.34. The average molecular weight is 275 g/mol. The Bertz CT molecular complexity index is 500. The molecule has 1 aromatic carbocycles. The van der Waals surface area contributed by atoms with Gasteiger partial charge in [0.05, 0.1) is 11.5 Å². The fourth-order valence-corrected chi connectivity index (χ4v) is 2.02. The first-order valence-electron chi connectivity index (χ1n) is 5.58. The molecule has 0 spiro atoms. The molecule has 0 amide bonds. The van der Waals surface area contributed by atoms with Crippen LogP contribution >= 0.6 is 0 Å². The second-order valence-electron chi connectivity index (χ2n) is 4.37. The molecule has 0 aliphatic carbocycles. The Balaban J connectivity index is 2.70. The molecule has 4 nitrogen and oxygen atoms in total. The van der Waals surface area contributed by atoms with Crippen LogP contribution in [0.25, 0.3) is 0 Å². The Hall–Kier alpha value is -1.14. The fraction of sp³-hybridized carbons (Fsp3) is 0.500. The minimum absolute atomic E-state index is 0.0170. The summed E-state index contributed by atoms with van der Waals surface area (Å²) in [5.41, 5.74) is 0. The molecule has 0 radical (unpaired) electrons. The van der Waals surface area contributed by atoms with E-state index in [0.717, 1.165) is 25.3 Å². The van der Waals surface area contributed by atoms with Gasteiger partial charge in [0.15, 0.2) is 21.4 Å². The van der Waals surface area contributed by atoms with E-state index < -0.39 is 15.7 Å². The highest BCUT2D eigenvalue weighted by Gasteiger charge is 2.11. The number of ether oxygens (including phenoxy) is 1. The third kappa shape index (κ3) is 4.62. The fourth-order valence-electron chi connectivity index (χ4n) is 1.39. The molecule has 0 aliphatic rings. The molecule has 0 aliphatic heterocycles. The van der Waals surface area contributed by atoms with Crippen molar-refractivity contribution in [3.8, 4) is 5.75 Å². The van der Waals surface area contributed by atoms with Gasteiger partial charge in [-0.1, -0.05) is 0 Å². The normalized spacial score (nSPS) is 11.8. The summed E-state index contributed by atoms with van der Waals surface area (Å²) in [6.45, 7) is 1.18. The Morgan fingerprint density at radius 3 is 2.56 bits per heavy atom. The first-order valence-corrected chi connectivity index (χ1v) is 7.47. The molecule has 18 heavy (non-hydrogen) atoms. The van der Waals surface area contributed by atoms with Gasteiger partial charge in [0.25, 0.3) is 0 Å². The molecule has 0 N–H and O–H groups in total. The van der Waals surface area contributed by atoms with Gasteiger partial charge in [0, 0.05) is 18.9 Å². The van der Waals surface area contributed by atoms with E-state index in [1.165, 1.54) is 12.1 Å². The van der Waals surface area contributed by atoms with Gasteiger partial charge in [-0.15, -0.1) is 0 Å². The lowest BCUT2D eigenvalue weighted by atomic mass is 10.3. The van der Waals surface area contributed by atoms with Crippen LogP contribution in [-0.4, -0.2) is 46.8 Å². The van der Waals surface area contributed by atoms with Crippen molar-refractivity contribution in [3.05, 3.63) is 24.0 Å². The second kappa shape index (κ2) is 6.15. The van der Waals surface area contributed by atoms with Crippen LogP contribution in [0.15, 0.2) is 23.1 Å². The summed E-state index contributed by atoms with van der Waals surface area (Å²) in [5, 5.41) is 0. The lowest BCUT2D eigenvalue weighted by Gasteiger charge is -2.11. The van der Waals surface area contributed by atoms with E-state index in [2.05, 4.69) is 0 Å². The Kier molecular flexibility index (Phi) is 5.10. The maximum atomic E-state index is 13.4. The van der Waals surface area contributed by atoms with Crippen molar-refractivity contribution >= 4 is 9.84 Å². The molecular weight excluding hydrogens is 257 g/mol. The highest BCUT2D eigenvalue weighted by molar-refractivity contribution is 7.90. The van der Waals surface area contributed by atoms with E-state index in [1.807, 2.05) is 19.0 Å². The standard InChI is InChI=1S/C12H18FNO3S/c1-14(2)7-4-8-17-12-9-10(18(3,15)16)5-6-11(12)13/h5-6,9H,4,7-8H2,1-3H3. The van der Waals surface area contributed by atoms with E-state index in [4.69, 9.17) is 4.74 Å². The van der Waals surface area contributed by atoms with Gasteiger partial charge in [-0.2, -0.15) is 0 Å². The molecule has 0 unspecified atom stereocenters. The van der Waals surface area contributed by atoms with Crippen molar-refractivity contribution < 1.29 is 17.5 Å². The summed E-state index contributed by atoms with van der Waals surface area (Å²) >= 11 is 0. The zero-order valence-electron chi connectivity index (χ0n) is 10.8. The van der Waals surface area contributed by atoms with Gasteiger partial charge in [0.2, 0.25) is 0 Å². The van der Waals surface area contributed by atoms with Crippen LogP contribution in [0.4, 0.5) is 4.39 Å². The Morgan fingerprint density at radius 2 is 2.00 bits per heavy atom. The molecule has 1 aromatic rings. The summed E-state index contributed by atoms with van der Waals surface area (Å²) in [7, 11) is 0.530. The van der Waals surface area contributed by atoms with Crippen molar-refractivity contribution in [1.82, 2.24) is 4.90 Å². The molecular formula is C12H18FNO3S.